The Labute approximate surface area is 120 Å². The van der Waals surface area contributed by atoms with E-state index in [0.717, 1.165) is 5.56 Å². The van der Waals surface area contributed by atoms with E-state index < -0.39 is 4.92 Å². The van der Waals surface area contributed by atoms with Gasteiger partial charge in [-0.1, -0.05) is 17.7 Å². The zero-order chi connectivity index (χ0) is 14.5. The number of hydrogen-bond acceptors (Lipinski definition) is 5. The highest BCUT2D eigenvalue weighted by atomic mass is 35.5. The van der Waals surface area contributed by atoms with Gasteiger partial charge in [0.2, 0.25) is 0 Å². The summed E-state index contributed by atoms with van der Waals surface area (Å²) in [6.45, 7) is 0.173. The van der Waals surface area contributed by atoms with Crippen LogP contribution in [0.4, 0.5) is 11.5 Å². The van der Waals surface area contributed by atoms with Crippen LogP contribution in [0.15, 0.2) is 36.5 Å². The molecule has 0 saturated heterocycles. The van der Waals surface area contributed by atoms with Crippen LogP contribution in [-0.2, 0) is 6.61 Å². The molecular formula is C13H12ClN3O3. The molecule has 0 fully saturated rings. The van der Waals surface area contributed by atoms with Crippen molar-refractivity contribution in [1.29, 1.82) is 0 Å². The summed E-state index contributed by atoms with van der Waals surface area (Å²) in [4.78, 5) is 14.6. The van der Waals surface area contributed by atoms with E-state index in [4.69, 9.17) is 16.3 Å². The summed E-state index contributed by atoms with van der Waals surface area (Å²) in [6.07, 6.45) is 1.65. The Balaban J connectivity index is 2.21. The number of ether oxygens (including phenoxy) is 1. The van der Waals surface area contributed by atoms with E-state index in [-0.39, 0.29) is 18.0 Å². The van der Waals surface area contributed by atoms with Gasteiger partial charge in [0, 0.05) is 29.9 Å². The van der Waals surface area contributed by atoms with E-state index in [0.29, 0.717) is 10.8 Å². The van der Waals surface area contributed by atoms with Gasteiger partial charge in [-0.15, -0.1) is 0 Å². The summed E-state index contributed by atoms with van der Waals surface area (Å²) in [5.74, 6) is 0.842. The molecule has 1 N–H and O–H groups in total. The number of benzene rings is 1. The standard InChI is InChI=1S/C13H12ClN3O3/c1-15-13-9(3-2-6-16-13)8-20-12-5-4-10(14)7-11(12)17(18)19/h2-7H,8H2,1H3,(H,15,16). The third kappa shape index (κ3) is 3.16. The molecule has 20 heavy (non-hydrogen) atoms. The zero-order valence-electron chi connectivity index (χ0n) is 10.7. The molecular weight excluding hydrogens is 282 g/mol. The van der Waals surface area contributed by atoms with Crippen LogP contribution in [0.25, 0.3) is 0 Å². The maximum absolute atomic E-state index is 11.0. The van der Waals surface area contributed by atoms with Gasteiger partial charge >= 0.3 is 5.69 Å². The number of halogens is 1. The van der Waals surface area contributed by atoms with Gasteiger partial charge < -0.3 is 10.1 Å². The van der Waals surface area contributed by atoms with Crippen LogP contribution >= 0.6 is 11.6 Å². The van der Waals surface area contributed by atoms with Crippen LogP contribution in [0.3, 0.4) is 0 Å². The Bertz CT molecular complexity index is 634. The highest BCUT2D eigenvalue weighted by molar-refractivity contribution is 6.30. The van der Waals surface area contributed by atoms with Crippen molar-refractivity contribution < 1.29 is 9.66 Å². The van der Waals surface area contributed by atoms with Gasteiger partial charge in [-0.05, 0) is 18.2 Å². The molecule has 0 amide bonds. The first-order chi connectivity index (χ1) is 9.61. The number of rotatable bonds is 5. The monoisotopic (exact) mass is 293 g/mol. The summed E-state index contributed by atoms with van der Waals surface area (Å²) in [6, 6.07) is 7.90. The van der Waals surface area contributed by atoms with Crippen molar-refractivity contribution in [2.75, 3.05) is 12.4 Å². The number of nitro groups is 1. The van der Waals surface area contributed by atoms with Crippen molar-refractivity contribution in [2.24, 2.45) is 0 Å². The van der Waals surface area contributed by atoms with Crippen molar-refractivity contribution in [3.05, 3.63) is 57.2 Å². The number of nitrogens with zero attached hydrogens (tertiary/aromatic N) is 2. The molecule has 7 heteroatoms. The van der Waals surface area contributed by atoms with Gasteiger partial charge in [0.1, 0.15) is 12.4 Å². The minimum atomic E-state index is -0.524. The molecule has 0 radical (unpaired) electrons. The first kappa shape index (κ1) is 14.1. The number of nitro benzene ring substituents is 1. The van der Waals surface area contributed by atoms with Gasteiger partial charge in [-0.2, -0.15) is 0 Å². The number of aromatic nitrogens is 1. The Hall–Kier alpha value is -2.34. The molecule has 0 unspecified atom stereocenters. The van der Waals surface area contributed by atoms with E-state index in [9.17, 15) is 10.1 Å². The molecule has 104 valence electrons. The van der Waals surface area contributed by atoms with E-state index in [1.165, 1.54) is 12.1 Å². The molecule has 0 aliphatic rings. The van der Waals surface area contributed by atoms with Crippen molar-refractivity contribution in [1.82, 2.24) is 4.98 Å². The molecule has 0 saturated carbocycles. The van der Waals surface area contributed by atoms with E-state index in [1.54, 1.807) is 25.4 Å². The summed E-state index contributed by atoms with van der Waals surface area (Å²) in [5.41, 5.74) is 0.645. The molecule has 2 aromatic rings. The van der Waals surface area contributed by atoms with Crippen molar-refractivity contribution in [3.8, 4) is 5.75 Å². The predicted molar refractivity (Wildman–Crippen MR) is 76.2 cm³/mol. The van der Waals surface area contributed by atoms with Gasteiger partial charge in [0.15, 0.2) is 5.75 Å². The van der Waals surface area contributed by atoms with E-state index in [1.807, 2.05) is 6.07 Å². The Morgan fingerprint density at radius 2 is 2.25 bits per heavy atom. The lowest BCUT2D eigenvalue weighted by Gasteiger charge is -2.10. The van der Waals surface area contributed by atoms with Gasteiger partial charge in [0.25, 0.3) is 0 Å². The zero-order valence-corrected chi connectivity index (χ0v) is 11.4. The third-order valence-corrected chi connectivity index (χ3v) is 2.86. The van der Waals surface area contributed by atoms with E-state index >= 15 is 0 Å². The van der Waals surface area contributed by atoms with Crippen LogP contribution in [0.1, 0.15) is 5.56 Å². The highest BCUT2D eigenvalue weighted by Gasteiger charge is 2.16. The molecule has 1 heterocycles. The first-order valence-corrected chi connectivity index (χ1v) is 6.18. The number of pyridine rings is 1. The maximum Gasteiger partial charge on any atom is 0.312 e. The molecule has 0 bridgehead atoms. The topological polar surface area (TPSA) is 77.3 Å². The highest BCUT2D eigenvalue weighted by Crippen LogP contribution is 2.30. The Morgan fingerprint density at radius 1 is 1.45 bits per heavy atom. The lowest BCUT2D eigenvalue weighted by molar-refractivity contribution is -0.385. The average molecular weight is 294 g/mol. The van der Waals surface area contributed by atoms with Gasteiger partial charge in [0.05, 0.1) is 4.92 Å². The molecule has 1 aromatic carbocycles. The fourth-order valence-electron chi connectivity index (χ4n) is 1.69. The van der Waals surface area contributed by atoms with Crippen molar-refractivity contribution in [3.63, 3.8) is 0 Å². The first-order valence-electron chi connectivity index (χ1n) is 5.80. The maximum atomic E-state index is 11.0. The normalized spacial score (nSPS) is 10.1. The lowest BCUT2D eigenvalue weighted by Crippen LogP contribution is -2.03. The van der Waals surface area contributed by atoms with Crippen molar-refractivity contribution in [2.45, 2.75) is 6.61 Å². The van der Waals surface area contributed by atoms with Crippen LogP contribution in [0.5, 0.6) is 5.75 Å². The third-order valence-electron chi connectivity index (χ3n) is 2.63. The summed E-state index contributed by atoms with van der Waals surface area (Å²) < 4.78 is 5.50. The molecule has 0 atom stereocenters. The molecule has 0 spiro atoms. The predicted octanol–water partition coefficient (Wildman–Crippen LogP) is 3.26. The quantitative estimate of drug-likeness (QED) is 0.676. The molecule has 0 aliphatic heterocycles. The molecule has 2 rings (SSSR count). The minimum Gasteiger partial charge on any atom is -0.482 e. The second kappa shape index (κ2) is 6.21. The smallest absolute Gasteiger partial charge is 0.312 e. The van der Waals surface area contributed by atoms with Gasteiger partial charge in [-0.25, -0.2) is 4.98 Å². The summed E-state index contributed by atoms with van der Waals surface area (Å²) in [5, 5.41) is 14.2. The summed E-state index contributed by atoms with van der Waals surface area (Å²) in [7, 11) is 1.75. The molecule has 0 aliphatic carbocycles. The van der Waals surface area contributed by atoms with E-state index in [2.05, 4.69) is 10.3 Å². The SMILES string of the molecule is CNc1ncccc1COc1ccc(Cl)cc1[N+](=O)[O-]. The second-order valence-electron chi connectivity index (χ2n) is 3.92. The number of anilines is 1. The van der Waals surface area contributed by atoms with Crippen LogP contribution in [-0.4, -0.2) is 17.0 Å². The minimum absolute atomic E-state index is 0.160. The fraction of sp³-hybridized carbons (Fsp3) is 0.154. The van der Waals surface area contributed by atoms with Crippen LogP contribution < -0.4 is 10.1 Å². The van der Waals surface area contributed by atoms with Crippen LogP contribution in [0, 0.1) is 10.1 Å². The molecule has 1 aromatic heterocycles. The van der Waals surface area contributed by atoms with Crippen molar-refractivity contribution >= 4 is 23.1 Å². The number of hydrogen-bond donors (Lipinski definition) is 1. The lowest BCUT2D eigenvalue weighted by atomic mass is 10.2. The number of nitrogens with one attached hydrogen (secondary N) is 1. The second-order valence-corrected chi connectivity index (χ2v) is 4.36. The average Bonchev–Trinajstić information content (AvgIpc) is 2.46. The van der Waals surface area contributed by atoms with Crippen LogP contribution in [0.2, 0.25) is 5.02 Å². The van der Waals surface area contributed by atoms with Gasteiger partial charge in [-0.3, -0.25) is 10.1 Å². The largest absolute Gasteiger partial charge is 0.482 e. The Morgan fingerprint density at radius 3 is 2.95 bits per heavy atom. The summed E-state index contributed by atoms with van der Waals surface area (Å²) >= 11 is 5.75. The Kier molecular flexibility index (Phi) is 4.37. The fourth-order valence-corrected chi connectivity index (χ4v) is 1.86. The molecule has 6 nitrogen and oxygen atoms in total.